The van der Waals surface area contributed by atoms with Crippen LogP contribution in [0.5, 0.6) is 0 Å². The molecule has 5 aromatic rings. The van der Waals surface area contributed by atoms with Crippen LogP contribution < -0.4 is 37.5 Å². The molecule has 0 spiro atoms. The number of primary amides is 1. The first kappa shape index (κ1) is 70.9. The molecule has 8 rings (SSSR count). The number of hydrogen-bond acceptors (Lipinski definition) is 20. The number of pyridine rings is 1. The number of carbonyl (C=O) groups excluding carboxylic acids is 4. The maximum absolute atomic E-state index is 13.4. The zero-order chi connectivity index (χ0) is 65.0. The minimum absolute atomic E-state index is 0.0180. The molecule has 92 heavy (non-hydrogen) atoms. The molecule has 2 aromatic carbocycles. The second-order valence-electron chi connectivity index (χ2n) is 23.3. The van der Waals surface area contributed by atoms with Crippen molar-refractivity contribution in [2.45, 2.75) is 87.6 Å². The summed E-state index contributed by atoms with van der Waals surface area (Å²) in [7, 11) is 3.36. The lowest BCUT2D eigenvalue weighted by Crippen LogP contribution is -2.55. The summed E-state index contributed by atoms with van der Waals surface area (Å²) >= 11 is 0. The van der Waals surface area contributed by atoms with Crippen molar-refractivity contribution in [3.8, 4) is 23.5 Å². The summed E-state index contributed by atoms with van der Waals surface area (Å²) in [6, 6.07) is 16.8. The highest BCUT2D eigenvalue weighted by atomic mass is 16.6. The Labute approximate surface area is 537 Å². The number of benzene rings is 2. The number of methoxy groups -OCH3 is 1. The van der Waals surface area contributed by atoms with Gasteiger partial charge in [0, 0.05) is 87.1 Å². The summed E-state index contributed by atoms with van der Waals surface area (Å²) in [6.07, 6.45) is 14.0. The Bertz CT molecular complexity index is 3220. The lowest BCUT2D eigenvalue weighted by Gasteiger charge is -2.45. The van der Waals surface area contributed by atoms with Crippen LogP contribution in [-0.4, -0.2) is 231 Å². The van der Waals surface area contributed by atoms with Gasteiger partial charge in [0.05, 0.1) is 143 Å². The van der Waals surface area contributed by atoms with E-state index in [4.69, 9.17) is 69.5 Å². The predicted molar refractivity (Wildman–Crippen MR) is 345 cm³/mol. The van der Waals surface area contributed by atoms with Gasteiger partial charge in [0.15, 0.2) is 5.60 Å². The Hall–Kier alpha value is -6.97. The Morgan fingerprint density at radius 3 is 1.98 bits per heavy atom. The van der Waals surface area contributed by atoms with Crippen molar-refractivity contribution < 1.29 is 66.5 Å². The Kier molecular flexibility index (Phi) is 28.6. The number of ether oxygens (including phenoxy) is 10. The lowest BCUT2D eigenvalue weighted by atomic mass is 9.87. The van der Waals surface area contributed by atoms with Gasteiger partial charge in [-0.1, -0.05) is 42.3 Å². The molecule has 2 aliphatic heterocycles. The zero-order valence-corrected chi connectivity index (χ0v) is 53.5. The van der Waals surface area contributed by atoms with E-state index in [1.54, 1.807) is 24.9 Å². The third-order valence-corrected chi connectivity index (χ3v) is 16.5. The van der Waals surface area contributed by atoms with Crippen LogP contribution in [0.3, 0.4) is 0 Å². The van der Waals surface area contributed by atoms with Crippen LogP contribution in [0.15, 0.2) is 71.8 Å². The number of aromatic amines is 1. The van der Waals surface area contributed by atoms with Gasteiger partial charge in [-0.3, -0.25) is 24.0 Å². The van der Waals surface area contributed by atoms with Gasteiger partial charge >= 0.3 is 0 Å². The fourth-order valence-electron chi connectivity index (χ4n) is 11.2. The SMILES string of the molecule is C#CCNC1(C)CCN(C2CCN(c3nc([C@@](COCNC(=O)CNC(=O)C(CC(N)=O)NC(=O)CCOCCOCCOCCOCCOCCOCCOCCOC)(OC4CC4)c4ccccc4)c4cc(-c5cn(C)c(=O)c6[nH]ccc56)ccc4n3)CC2)CC1. The molecule has 0 bridgehead atoms. The summed E-state index contributed by atoms with van der Waals surface area (Å²) < 4.78 is 58.5. The number of H-pyrrole nitrogens is 1. The number of nitrogens with two attached hydrogens (primary N) is 1. The van der Waals surface area contributed by atoms with Crippen molar-refractivity contribution in [3.63, 3.8) is 0 Å². The quantitative estimate of drug-likeness (QED) is 0.0186. The van der Waals surface area contributed by atoms with Crippen LogP contribution in [0.25, 0.3) is 32.9 Å². The number of fused-ring (bicyclic) bond motifs is 2. The van der Waals surface area contributed by atoms with Crippen molar-refractivity contribution in [3.05, 3.63) is 88.6 Å². The van der Waals surface area contributed by atoms with E-state index in [1.165, 1.54) is 0 Å². The number of aryl methyl sites for hydroxylation is 1. The maximum atomic E-state index is 13.4. The molecule has 4 amide bonds. The second-order valence-corrected chi connectivity index (χ2v) is 23.3. The summed E-state index contributed by atoms with van der Waals surface area (Å²) in [5.41, 5.74) is 8.22. The molecule has 3 aliphatic rings. The number of nitrogens with zero attached hydrogens (tertiary/aromatic N) is 5. The van der Waals surface area contributed by atoms with Crippen LogP contribution in [0.2, 0.25) is 0 Å². The number of terminal acetylenes is 1. The molecule has 1 unspecified atom stereocenters. The van der Waals surface area contributed by atoms with Gasteiger partial charge < -0.3 is 93.7 Å². The van der Waals surface area contributed by atoms with Gasteiger partial charge in [-0.25, -0.2) is 9.97 Å². The Balaban J connectivity index is 0.830. The molecule has 1 aliphatic carbocycles. The molecule has 502 valence electrons. The average molecular weight is 1280 g/mol. The van der Waals surface area contributed by atoms with E-state index >= 15 is 0 Å². The average Bonchev–Trinajstić information content (AvgIpc) is 0.918. The number of anilines is 1. The van der Waals surface area contributed by atoms with Crippen molar-refractivity contribution in [1.29, 1.82) is 0 Å². The van der Waals surface area contributed by atoms with Crippen LogP contribution in [0, 0.1) is 12.3 Å². The van der Waals surface area contributed by atoms with E-state index in [9.17, 15) is 24.0 Å². The molecule has 2 saturated heterocycles. The molecule has 1 saturated carbocycles. The van der Waals surface area contributed by atoms with Crippen molar-refractivity contribution in [2.75, 3.05) is 164 Å². The smallest absolute Gasteiger partial charge is 0.274 e. The molecule has 26 heteroatoms. The standard InChI is InChI=1S/C66H93N11O15/c1-5-21-71-65(2)19-25-76(26-20-65)50-16-23-77(24-17-50)64-73-55-14-11-48(54-45-75(3)63(82)60-52(54)15-22-68-60)42-53(55)61(74-64)66(92-51-12-13-51,49-9-7-6-8-10-49)46-91-47-70-59(80)44-69-62(81)56(43-57(67)78)72-58(79)18-27-84-30-31-86-34-35-88-38-39-90-41-40-89-37-36-87-33-32-85-29-28-83-4/h1,6-11,14-15,22,42,45,50-51,56,68,71H,12-13,16-21,23-41,43-44,46-47H2,2-4H3,(H2,67,78)(H,69,81)(H,70,80)(H,72,79)/t56?,66-/m0/s1. The topological polar surface area (TPSA) is 305 Å². The summed E-state index contributed by atoms with van der Waals surface area (Å²) in [5, 5.41) is 12.8. The number of likely N-dealkylation sites (tertiary alicyclic amines) is 1. The summed E-state index contributed by atoms with van der Waals surface area (Å²) in [6.45, 7) is 11.3. The molecule has 3 aromatic heterocycles. The third-order valence-electron chi connectivity index (χ3n) is 16.5. The number of piperidine rings is 2. The van der Waals surface area contributed by atoms with Gasteiger partial charge in [0.2, 0.25) is 29.6 Å². The van der Waals surface area contributed by atoms with Gasteiger partial charge in [-0.2, -0.15) is 0 Å². The fraction of sp³-hybridized carbons (Fsp3) is 0.591. The number of rotatable bonds is 43. The van der Waals surface area contributed by atoms with Crippen molar-refractivity contribution in [2.24, 2.45) is 12.8 Å². The zero-order valence-electron chi connectivity index (χ0n) is 53.5. The van der Waals surface area contributed by atoms with Crippen LogP contribution in [-0.2, 0) is 79.2 Å². The third kappa shape index (κ3) is 21.5. The van der Waals surface area contributed by atoms with Gasteiger partial charge in [-0.15, -0.1) is 6.42 Å². The second kappa shape index (κ2) is 37.1. The molecular weight excluding hydrogens is 1190 g/mol. The fourth-order valence-corrected chi connectivity index (χ4v) is 11.2. The van der Waals surface area contributed by atoms with Crippen molar-refractivity contribution in [1.82, 2.24) is 45.7 Å². The Morgan fingerprint density at radius 2 is 1.38 bits per heavy atom. The first-order chi connectivity index (χ1) is 44.8. The van der Waals surface area contributed by atoms with Crippen LogP contribution in [0.4, 0.5) is 5.95 Å². The number of nitrogens with one attached hydrogen (secondary N) is 5. The molecule has 0 radical (unpaired) electrons. The monoisotopic (exact) mass is 1280 g/mol. The first-order valence-corrected chi connectivity index (χ1v) is 31.9. The van der Waals surface area contributed by atoms with E-state index in [-0.39, 0.29) is 56.8 Å². The minimum Gasteiger partial charge on any atom is -0.382 e. The molecule has 5 heterocycles. The van der Waals surface area contributed by atoms with Gasteiger partial charge in [0.1, 0.15) is 18.3 Å². The van der Waals surface area contributed by atoms with E-state index in [1.807, 2.05) is 54.7 Å². The molecule has 3 fully saturated rings. The normalized spacial score (nSPS) is 16.3. The lowest BCUT2D eigenvalue weighted by molar-refractivity contribution is -0.132. The number of carbonyl (C=O) groups is 4. The number of hydrogen-bond donors (Lipinski definition) is 6. The summed E-state index contributed by atoms with van der Waals surface area (Å²) in [4.78, 5) is 83.8. The Morgan fingerprint density at radius 1 is 0.761 bits per heavy atom. The van der Waals surface area contributed by atoms with Gasteiger partial charge in [-0.05, 0) is 74.8 Å². The number of amides is 4. The van der Waals surface area contributed by atoms with Crippen LogP contribution in [0.1, 0.15) is 69.5 Å². The number of aromatic nitrogens is 4. The molecule has 2 atom stereocenters. The largest absolute Gasteiger partial charge is 0.382 e. The highest BCUT2D eigenvalue weighted by molar-refractivity contribution is 5.98. The van der Waals surface area contributed by atoms with Gasteiger partial charge in [0.25, 0.3) is 5.56 Å². The first-order valence-electron chi connectivity index (χ1n) is 31.9. The predicted octanol–water partition coefficient (Wildman–Crippen LogP) is 2.66. The van der Waals surface area contributed by atoms with E-state index in [0.717, 1.165) is 86.8 Å². The van der Waals surface area contributed by atoms with E-state index in [2.05, 4.69) is 55.0 Å². The molecule has 7 N–H and O–H groups in total. The molecule has 26 nitrogen and oxygen atoms in total. The van der Waals surface area contributed by atoms with E-state index < -0.39 is 48.2 Å². The minimum atomic E-state index is -1.35. The van der Waals surface area contributed by atoms with Crippen LogP contribution >= 0.6 is 0 Å². The highest BCUT2D eigenvalue weighted by Gasteiger charge is 2.45. The maximum Gasteiger partial charge on any atom is 0.274 e. The molecular formula is C66H93N11O15. The summed E-state index contributed by atoms with van der Waals surface area (Å²) in [5.74, 6) is 0.512. The highest BCUT2D eigenvalue weighted by Crippen LogP contribution is 2.44. The van der Waals surface area contributed by atoms with Crippen molar-refractivity contribution >= 4 is 51.4 Å². The van der Waals surface area contributed by atoms with E-state index in [0.29, 0.717) is 120 Å².